The van der Waals surface area contributed by atoms with Crippen LogP contribution in [0.4, 0.5) is 0 Å². The van der Waals surface area contributed by atoms with Crippen LogP contribution in [0.3, 0.4) is 0 Å². The Morgan fingerprint density at radius 2 is 1.86 bits per heavy atom. The lowest BCUT2D eigenvalue weighted by molar-refractivity contribution is -0.151. The van der Waals surface area contributed by atoms with Crippen LogP contribution < -0.4 is 4.74 Å². The van der Waals surface area contributed by atoms with Crippen LogP contribution in [-0.4, -0.2) is 112 Å². The summed E-state index contributed by atoms with van der Waals surface area (Å²) in [6, 6.07) is 7.79. The number of carbonyl (C=O) groups is 2. The minimum Gasteiger partial charge on any atom is -0.493 e. The van der Waals surface area contributed by atoms with Gasteiger partial charge in [-0.25, -0.2) is 0 Å². The Labute approximate surface area is 212 Å². The molecule has 1 aromatic carbocycles. The van der Waals surface area contributed by atoms with E-state index in [1.807, 2.05) is 24.3 Å². The Morgan fingerprint density at radius 3 is 2.61 bits per heavy atom. The van der Waals surface area contributed by atoms with Gasteiger partial charge in [-0.05, 0) is 43.7 Å². The van der Waals surface area contributed by atoms with Crippen LogP contribution in [0.25, 0.3) is 0 Å². The van der Waals surface area contributed by atoms with Crippen molar-refractivity contribution in [2.24, 2.45) is 0 Å². The number of aryl methyl sites for hydroxylation is 1. The summed E-state index contributed by atoms with van der Waals surface area (Å²) in [6.45, 7) is 1.02. The molecule has 2 amide bonds. The van der Waals surface area contributed by atoms with Crippen molar-refractivity contribution in [2.45, 2.75) is 69.4 Å². The first kappa shape index (κ1) is 28.3. The fourth-order valence-electron chi connectivity index (χ4n) is 4.67. The van der Waals surface area contributed by atoms with Crippen molar-refractivity contribution < 1.29 is 39.5 Å². The Kier molecular flexibility index (Phi) is 11.4. The molecular weight excluding hydrogens is 468 g/mol. The number of β-amino-alcohol motifs (C(OH)–C–C–N with tert-alkyl or cyclic N) is 1. The standard InChI is InChI=1S/C26H40N2O8/c29-18-21(31)26-25(34)20(30)17-28(24(33)11-14-27-12-5-10-23(27)32)13-6-16-35-22-9-2-1-7-19(22)8-3-4-15-36-26/h1-2,7,9,20-21,25-26,29-31,34H,3-6,8,10-18H2/t20-,21-,25-,26-/m1/s1. The monoisotopic (exact) mass is 508 g/mol. The maximum absolute atomic E-state index is 13.1. The number of rotatable bonds is 5. The molecule has 10 nitrogen and oxygen atoms in total. The summed E-state index contributed by atoms with van der Waals surface area (Å²) in [5.41, 5.74) is 1.07. The smallest absolute Gasteiger partial charge is 0.224 e. The lowest BCUT2D eigenvalue weighted by Gasteiger charge is -2.33. The Balaban J connectivity index is 1.72. The Morgan fingerprint density at radius 1 is 1.06 bits per heavy atom. The van der Waals surface area contributed by atoms with Crippen LogP contribution in [0.1, 0.15) is 44.1 Å². The van der Waals surface area contributed by atoms with Crippen LogP contribution in [0.2, 0.25) is 0 Å². The molecule has 1 fully saturated rings. The van der Waals surface area contributed by atoms with Gasteiger partial charge in [0.15, 0.2) is 0 Å². The van der Waals surface area contributed by atoms with Gasteiger partial charge in [0.05, 0.1) is 13.2 Å². The number of para-hydroxylation sites is 1. The highest BCUT2D eigenvalue weighted by atomic mass is 16.5. The van der Waals surface area contributed by atoms with E-state index >= 15 is 0 Å². The maximum atomic E-state index is 13.1. The average Bonchev–Trinajstić information content (AvgIpc) is 3.30. The lowest BCUT2D eigenvalue weighted by Crippen LogP contribution is -2.52. The number of benzene rings is 1. The third-order valence-electron chi connectivity index (χ3n) is 6.78. The maximum Gasteiger partial charge on any atom is 0.224 e. The van der Waals surface area contributed by atoms with Gasteiger partial charge in [0.1, 0.15) is 30.2 Å². The number of amides is 2. The molecule has 0 radical (unpaired) electrons. The minimum absolute atomic E-state index is 0.0382. The van der Waals surface area contributed by atoms with Crippen LogP contribution >= 0.6 is 0 Å². The van der Waals surface area contributed by atoms with Gasteiger partial charge in [0.25, 0.3) is 0 Å². The highest BCUT2D eigenvalue weighted by Crippen LogP contribution is 2.21. The van der Waals surface area contributed by atoms with E-state index in [0.29, 0.717) is 39.0 Å². The summed E-state index contributed by atoms with van der Waals surface area (Å²) in [6.07, 6.45) is -1.39. The molecule has 0 aliphatic carbocycles. The molecule has 2 heterocycles. The molecule has 202 valence electrons. The van der Waals surface area contributed by atoms with Crippen molar-refractivity contribution >= 4 is 11.8 Å². The first-order chi connectivity index (χ1) is 17.4. The van der Waals surface area contributed by atoms with E-state index in [9.17, 15) is 30.0 Å². The molecule has 1 aromatic rings. The predicted molar refractivity (Wildman–Crippen MR) is 131 cm³/mol. The zero-order valence-corrected chi connectivity index (χ0v) is 20.8. The number of fused-ring (bicyclic) bond motifs is 1. The summed E-state index contributed by atoms with van der Waals surface area (Å²) in [5, 5.41) is 41.2. The van der Waals surface area contributed by atoms with Gasteiger partial charge in [-0.2, -0.15) is 0 Å². The largest absolute Gasteiger partial charge is 0.493 e. The van der Waals surface area contributed by atoms with Crippen LogP contribution in [-0.2, 0) is 20.7 Å². The number of hydrogen-bond acceptors (Lipinski definition) is 8. The topological polar surface area (TPSA) is 140 Å². The molecule has 2 aliphatic heterocycles. The van der Waals surface area contributed by atoms with Crippen molar-refractivity contribution in [1.29, 1.82) is 0 Å². The molecule has 0 spiro atoms. The highest BCUT2D eigenvalue weighted by Gasteiger charge is 2.34. The first-order valence-corrected chi connectivity index (χ1v) is 12.9. The number of carbonyl (C=O) groups excluding carboxylic acids is 2. The van der Waals surface area contributed by atoms with Gasteiger partial charge in [-0.3, -0.25) is 9.59 Å². The van der Waals surface area contributed by atoms with Gasteiger partial charge < -0.3 is 39.7 Å². The first-order valence-electron chi connectivity index (χ1n) is 12.9. The Bertz CT molecular complexity index is 838. The van der Waals surface area contributed by atoms with Gasteiger partial charge in [0, 0.05) is 45.6 Å². The van der Waals surface area contributed by atoms with Crippen molar-refractivity contribution in [3.63, 3.8) is 0 Å². The minimum atomic E-state index is -1.51. The van der Waals surface area contributed by atoms with E-state index in [0.717, 1.165) is 30.6 Å². The summed E-state index contributed by atoms with van der Waals surface area (Å²) < 4.78 is 11.7. The summed E-state index contributed by atoms with van der Waals surface area (Å²) >= 11 is 0. The van der Waals surface area contributed by atoms with Gasteiger partial charge in [-0.1, -0.05) is 18.2 Å². The van der Waals surface area contributed by atoms with E-state index < -0.39 is 31.0 Å². The SMILES string of the molecule is O=C1CCCN1CCC(=O)N1CCCOc2ccccc2CCCCO[C@H]([C@H](O)CO)[C@H](O)[C@H](O)C1. The summed E-state index contributed by atoms with van der Waals surface area (Å²) in [5.74, 6) is 0.582. The fourth-order valence-corrected chi connectivity index (χ4v) is 4.67. The number of aliphatic hydroxyl groups is 4. The van der Waals surface area contributed by atoms with Crippen LogP contribution in [0.5, 0.6) is 5.75 Å². The van der Waals surface area contributed by atoms with Gasteiger partial charge in [0.2, 0.25) is 11.8 Å². The molecular formula is C26H40N2O8. The molecule has 4 N–H and O–H groups in total. The molecule has 1 saturated heterocycles. The highest BCUT2D eigenvalue weighted by molar-refractivity contribution is 5.80. The molecule has 10 heteroatoms. The second-order valence-corrected chi connectivity index (χ2v) is 9.48. The van der Waals surface area contributed by atoms with Crippen molar-refractivity contribution in [3.05, 3.63) is 29.8 Å². The number of aliphatic hydroxyl groups excluding tert-OH is 4. The zero-order chi connectivity index (χ0) is 25.9. The van der Waals surface area contributed by atoms with Crippen molar-refractivity contribution in [3.8, 4) is 5.75 Å². The number of nitrogens with zero attached hydrogens (tertiary/aromatic N) is 2. The summed E-state index contributed by atoms with van der Waals surface area (Å²) in [7, 11) is 0. The van der Waals surface area contributed by atoms with E-state index in [1.165, 1.54) is 4.90 Å². The van der Waals surface area contributed by atoms with Crippen LogP contribution in [0, 0.1) is 0 Å². The van der Waals surface area contributed by atoms with Gasteiger partial charge in [-0.15, -0.1) is 0 Å². The molecule has 36 heavy (non-hydrogen) atoms. The lowest BCUT2D eigenvalue weighted by atomic mass is 10.0. The number of hydrogen-bond donors (Lipinski definition) is 4. The second-order valence-electron chi connectivity index (χ2n) is 9.48. The van der Waals surface area contributed by atoms with Gasteiger partial charge >= 0.3 is 0 Å². The number of likely N-dealkylation sites (tertiary alicyclic amines) is 1. The third kappa shape index (κ3) is 8.14. The Hall–Kier alpha value is -2.24. The average molecular weight is 509 g/mol. The van der Waals surface area contributed by atoms with Crippen molar-refractivity contribution in [1.82, 2.24) is 9.80 Å². The van der Waals surface area contributed by atoms with E-state index in [1.54, 1.807) is 4.90 Å². The van der Waals surface area contributed by atoms with E-state index in [2.05, 4.69) is 0 Å². The fraction of sp³-hybridized carbons (Fsp3) is 0.692. The zero-order valence-electron chi connectivity index (χ0n) is 20.8. The number of ether oxygens (including phenoxy) is 2. The molecule has 0 bridgehead atoms. The van der Waals surface area contributed by atoms with E-state index in [-0.39, 0.29) is 37.9 Å². The van der Waals surface area contributed by atoms with E-state index in [4.69, 9.17) is 9.47 Å². The molecule has 3 rings (SSSR count). The second kappa shape index (κ2) is 14.5. The molecule has 0 unspecified atom stereocenters. The third-order valence-corrected chi connectivity index (χ3v) is 6.78. The van der Waals surface area contributed by atoms with Crippen LogP contribution in [0.15, 0.2) is 24.3 Å². The molecule has 0 aromatic heterocycles. The molecule has 0 saturated carbocycles. The molecule has 4 atom stereocenters. The normalized spacial score (nSPS) is 25.8. The van der Waals surface area contributed by atoms with Crippen molar-refractivity contribution in [2.75, 3.05) is 46.0 Å². The quantitative estimate of drug-likeness (QED) is 0.439. The molecule has 2 aliphatic rings. The summed E-state index contributed by atoms with van der Waals surface area (Å²) in [4.78, 5) is 28.1. The predicted octanol–water partition coefficient (Wildman–Crippen LogP) is 0.0931.